The summed E-state index contributed by atoms with van der Waals surface area (Å²) in [5.74, 6) is 1.16. The fourth-order valence-corrected chi connectivity index (χ4v) is 1.62. The fraction of sp³-hybridized carbons (Fsp3) is 0.750. The molecule has 0 spiro atoms. The molecule has 64 valence electrons. The van der Waals surface area contributed by atoms with Crippen molar-refractivity contribution in [3.63, 3.8) is 0 Å². The summed E-state index contributed by atoms with van der Waals surface area (Å²) < 4.78 is 5.24. The van der Waals surface area contributed by atoms with Gasteiger partial charge in [-0.05, 0) is 5.41 Å². The Morgan fingerprint density at radius 1 is 1.45 bits per heavy atom. The molecule has 0 aliphatic carbocycles. The van der Waals surface area contributed by atoms with Crippen LogP contribution in [0.4, 0.5) is 0 Å². The van der Waals surface area contributed by atoms with Crippen LogP contribution in [0.15, 0.2) is 12.0 Å². The molecule has 0 atom stereocenters. The van der Waals surface area contributed by atoms with Gasteiger partial charge in [0.1, 0.15) is 0 Å². The average Bonchev–Trinajstić information content (AvgIpc) is 2.07. The number of hydrogen-bond donors (Lipinski definition) is 0. The number of nitrogens with zero attached hydrogens (tertiary/aromatic N) is 1. The number of thioether (sulfide) groups is 1. The highest BCUT2D eigenvalue weighted by molar-refractivity contribution is 8.02. The Kier molecular flexibility index (Phi) is 4.66. The predicted molar refractivity (Wildman–Crippen MR) is 49.9 cm³/mol. The van der Waals surface area contributed by atoms with E-state index in [0.717, 1.165) is 32.1 Å². The summed E-state index contributed by atoms with van der Waals surface area (Å²) in [6, 6.07) is 0. The van der Waals surface area contributed by atoms with Gasteiger partial charge in [0.15, 0.2) is 0 Å². The van der Waals surface area contributed by atoms with Crippen molar-refractivity contribution in [2.24, 2.45) is 0 Å². The molecule has 3 heteroatoms. The molecular formula is C8H15NOS. The molecule has 0 aromatic rings. The second-order valence-electron chi connectivity index (χ2n) is 2.49. The lowest BCUT2D eigenvalue weighted by Gasteiger charge is -2.25. The molecule has 1 aliphatic heterocycles. The molecule has 1 rings (SSSR count). The molecule has 0 aromatic carbocycles. The van der Waals surface area contributed by atoms with Gasteiger partial charge in [0, 0.05) is 25.4 Å². The molecular weight excluding hydrogens is 158 g/mol. The van der Waals surface area contributed by atoms with Crippen LogP contribution in [0, 0.1) is 0 Å². The first-order valence-corrected chi connectivity index (χ1v) is 5.01. The molecule has 2 nitrogen and oxygen atoms in total. The van der Waals surface area contributed by atoms with E-state index in [-0.39, 0.29) is 0 Å². The Hall–Kier alpha value is 0.01000. The molecule has 0 radical (unpaired) electrons. The van der Waals surface area contributed by atoms with Crippen molar-refractivity contribution in [3.05, 3.63) is 12.0 Å². The summed E-state index contributed by atoms with van der Waals surface area (Å²) in [5.41, 5.74) is 0. The minimum Gasteiger partial charge on any atom is -0.379 e. The van der Waals surface area contributed by atoms with E-state index in [2.05, 4.69) is 11.5 Å². The number of rotatable bonds is 4. The van der Waals surface area contributed by atoms with Crippen LogP contribution in [0.2, 0.25) is 0 Å². The molecule has 0 amide bonds. The Balaban J connectivity index is 2.00. The SMILES string of the molecule is C=CSCCN1CCOCC1. The lowest BCUT2D eigenvalue weighted by atomic mass is 10.4. The Morgan fingerprint density at radius 2 is 2.18 bits per heavy atom. The zero-order valence-corrected chi connectivity index (χ0v) is 7.61. The largest absolute Gasteiger partial charge is 0.379 e. The molecule has 1 saturated heterocycles. The maximum absolute atomic E-state index is 5.24. The maximum Gasteiger partial charge on any atom is 0.0594 e. The molecule has 0 unspecified atom stereocenters. The normalized spacial score (nSPS) is 20.0. The highest BCUT2D eigenvalue weighted by Crippen LogP contribution is 2.02. The van der Waals surface area contributed by atoms with Crippen LogP contribution in [-0.4, -0.2) is 43.5 Å². The van der Waals surface area contributed by atoms with E-state index in [1.165, 1.54) is 6.54 Å². The lowest BCUT2D eigenvalue weighted by Crippen LogP contribution is -2.37. The van der Waals surface area contributed by atoms with Crippen molar-refractivity contribution >= 4 is 11.8 Å². The Morgan fingerprint density at radius 3 is 2.82 bits per heavy atom. The highest BCUT2D eigenvalue weighted by atomic mass is 32.2. The minimum atomic E-state index is 0.902. The summed E-state index contributed by atoms with van der Waals surface area (Å²) in [7, 11) is 0. The van der Waals surface area contributed by atoms with E-state index in [9.17, 15) is 0 Å². The maximum atomic E-state index is 5.24. The van der Waals surface area contributed by atoms with Gasteiger partial charge in [0.2, 0.25) is 0 Å². The van der Waals surface area contributed by atoms with E-state index in [0.29, 0.717) is 0 Å². The second-order valence-corrected chi connectivity index (χ2v) is 3.57. The van der Waals surface area contributed by atoms with Crippen molar-refractivity contribution in [3.8, 4) is 0 Å². The van der Waals surface area contributed by atoms with E-state index in [1.807, 2.05) is 5.41 Å². The van der Waals surface area contributed by atoms with E-state index in [4.69, 9.17) is 4.74 Å². The average molecular weight is 173 g/mol. The third-order valence-corrected chi connectivity index (χ3v) is 2.40. The van der Waals surface area contributed by atoms with Gasteiger partial charge in [-0.2, -0.15) is 0 Å². The van der Waals surface area contributed by atoms with Gasteiger partial charge in [0.05, 0.1) is 13.2 Å². The van der Waals surface area contributed by atoms with Crippen LogP contribution in [0.25, 0.3) is 0 Å². The van der Waals surface area contributed by atoms with Crippen molar-refractivity contribution in [1.29, 1.82) is 0 Å². The van der Waals surface area contributed by atoms with Gasteiger partial charge in [-0.1, -0.05) is 6.58 Å². The first-order valence-electron chi connectivity index (χ1n) is 3.96. The zero-order chi connectivity index (χ0) is 7.94. The summed E-state index contributed by atoms with van der Waals surface area (Å²) in [6.07, 6.45) is 0. The van der Waals surface area contributed by atoms with E-state index in [1.54, 1.807) is 11.8 Å². The van der Waals surface area contributed by atoms with Crippen LogP contribution >= 0.6 is 11.8 Å². The zero-order valence-electron chi connectivity index (χ0n) is 6.79. The lowest BCUT2D eigenvalue weighted by molar-refractivity contribution is 0.0410. The van der Waals surface area contributed by atoms with Crippen molar-refractivity contribution < 1.29 is 4.74 Å². The second kappa shape index (κ2) is 5.63. The Labute approximate surface area is 72.6 Å². The van der Waals surface area contributed by atoms with Crippen LogP contribution in [0.1, 0.15) is 0 Å². The monoisotopic (exact) mass is 173 g/mol. The molecule has 1 fully saturated rings. The van der Waals surface area contributed by atoms with Crippen LogP contribution in [0.5, 0.6) is 0 Å². The predicted octanol–water partition coefficient (Wildman–Crippen LogP) is 1.20. The first kappa shape index (κ1) is 9.10. The highest BCUT2D eigenvalue weighted by Gasteiger charge is 2.08. The van der Waals surface area contributed by atoms with Crippen molar-refractivity contribution in [2.45, 2.75) is 0 Å². The minimum absolute atomic E-state index is 0.902. The molecule has 0 aromatic heterocycles. The molecule has 11 heavy (non-hydrogen) atoms. The number of hydrogen-bond acceptors (Lipinski definition) is 3. The topological polar surface area (TPSA) is 12.5 Å². The fourth-order valence-electron chi connectivity index (χ4n) is 1.09. The quantitative estimate of drug-likeness (QED) is 0.593. The summed E-state index contributed by atoms with van der Waals surface area (Å²) >= 11 is 1.78. The first-order chi connectivity index (χ1) is 5.43. The van der Waals surface area contributed by atoms with Crippen LogP contribution in [0.3, 0.4) is 0 Å². The van der Waals surface area contributed by atoms with Gasteiger partial charge in [0.25, 0.3) is 0 Å². The summed E-state index contributed by atoms with van der Waals surface area (Å²) in [6.45, 7) is 8.82. The summed E-state index contributed by atoms with van der Waals surface area (Å²) in [5, 5.41) is 1.90. The van der Waals surface area contributed by atoms with Gasteiger partial charge in [-0.25, -0.2) is 0 Å². The molecule has 1 heterocycles. The number of ether oxygens (including phenoxy) is 1. The third kappa shape index (κ3) is 3.79. The Bertz CT molecular complexity index is 113. The van der Waals surface area contributed by atoms with Crippen molar-refractivity contribution in [2.75, 3.05) is 38.6 Å². The summed E-state index contributed by atoms with van der Waals surface area (Å²) in [4.78, 5) is 2.43. The van der Waals surface area contributed by atoms with E-state index >= 15 is 0 Å². The van der Waals surface area contributed by atoms with Gasteiger partial charge in [-0.3, -0.25) is 4.90 Å². The van der Waals surface area contributed by atoms with Gasteiger partial charge in [-0.15, -0.1) is 11.8 Å². The van der Waals surface area contributed by atoms with Crippen LogP contribution in [-0.2, 0) is 4.74 Å². The van der Waals surface area contributed by atoms with Crippen molar-refractivity contribution in [1.82, 2.24) is 4.90 Å². The van der Waals surface area contributed by atoms with E-state index < -0.39 is 0 Å². The third-order valence-electron chi connectivity index (χ3n) is 1.75. The van der Waals surface area contributed by atoms with Gasteiger partial charge < -0.3 is 4.74 Å². The number of morpholine rings is 1. The van der Waals surface area contributed by atoms with Gasteiger partial charge >= 0.3 is 0 Å². The standard InChI is InChI=1S/C8H15NOS/c1-2-11-8-5-9-3-6-10-7-4-9/h2H,1,3-8H2. The van der Waals surface area contributed by atoms with Crippen LogP contribution < -0.4 is 0 Å². The smallest absolute Gasteiger partial charge is 0.0594 e. The molecule has 1 aliphatic rings. The molecule has 0 bridgehead atoms. The molecule has 0 N–H and O–H groups in total. The molecule has 0 saturated carbocycles.